The van der Waals surface area contributed by atoms with Crippen molar-refractivity contribution in [3.63, 3.8) is 0 Å². The molecule has 9 heteroatoms. The molecule has 5 aromatic rings. The highest BCUT2D eigenvalue weighted by molar-refractivity contribution is 6.32. The van der Waals surface area contributed by atoms with Crippen LogP contribution in [-0.4, -0.2) is 28.3 Å². The number of aromatic nitrogens is 1. The molecule has 0 unspecified atom stereocenters. The number of para-hydroxylation sites is 2. The fourth-order valence-electron chi connectivity index (χ4n) is 4.08. The minimum atomic E-state index is -0.647. The SMILES string of the molecule is Cc1ccc(-c2cc(C(=O)OCC(=O)c3ccc(Oc4c(Cl)cccc4[N+](=O)[O-])cc3)c3ccccc3n2)cc1. The molecule has 0 fully saturated rings. The molecule has 1 aromatic heterocycles. The van der Waals surface area contributed by atoms with Crippen molar-refractivity contribution in [1.82, 2.24) is 4.98 Å². The number of halogens is 1. The van der Waals surface area contributed by atoms with Crippen LogP contribution >= 0.6 is 11.6 Å². The number of pyridine rings is 1. The number of Topliss-reactive ketones (excluding diaryl/α,β-unsaturated/α-hetero) is 1. The van der Waals surface area contributed by atoms with Gasteiger partial charge in [0.15, 0.2) is 12.4 Å². The van der Waals surface area contributed by atoms with Gasteiger partial charge in [-0.2, -0.15) is 0 Å². The smallest absolute Gasteiger partial charge is 0.339 e. The third-order valence-electron chi connectivity index (χ3n) is 6.16. The molecular weight excluding hydrogens is 532 g/mol. The first-order chi connectivity index (χ1) is 19.3. The van der Waals surface area contributed by atoms with Crippen LogP contribution in [0.1, 0.15) is 26.3 Å². The maximum absolute atomic E-state index is 13.1. The molecule has 0 aliphatic carbocycles. The van der Waals surface area contributed by atoms with Crippen LogP contribution in [0.4, 0.5) is 5.69 Å². The van der Waals surface area contributed by atoms with Crippen LogP contribution in [0.3, 0.4) is 0 Å². The summed E-state index contributed by atoms with van der Waals surface area (Å²) in [4.78, 5) is 41.3. The molecule has 0 saturated heterocycles. The van der Waals surface area contributed by atoms with Crippen LogP contribution in [-0.2, 0) is 4.74 Å². The molecule has 0 amide bonds. The van der Waals surface area contributed by atoms with E-state index in [9.17, 15) is 19.7 Å². The zero-order chi connectivity index (χ0) is 28.2. The van der Waals surface area contributed by atoms with Gasteiger partial charge in [0.1, 0.15) is 5.75 Å². The lowest BCUT2D eigenvalue weighted by Crippen LogP contribution is -2.15. The number of esters is 1. The van der Waals surface area contributed by atoms with Crippen LogP contribution in [0, 0.1) is 17.0 Å². The van der Waals surface area contributed by atoms with E-state index in [0.29, 0.717) is 22.2 Å². The molecule has 5 rings (SSSR count). The van der Waals surface area contributed by atoms with Gasteiger partial charge in [0.05, 0.1) is 26.7 Å². The Kier molecular flexibility index (Phi) is 7.52. The van der Waals surface area contributed by atoms with Gasteiger partial charge in [-0.15, -0.1) is 0 Å². The second-order valence-electron chi connectivity index (χ2n) is 8.91. The number of hydrogen-bond donors (Lipinski definition) is 0. The third kappa shape index (κ3) is 5.67. The quantitative estimate of drug-likeness (QED) is 0.0843. The average molecular weight is 553 g/mol. The summed E-state index contributed by atoms with van der Waals surface area (Å²) in [6.07, 6.45) is 0. The van der Waals surface area contributed by atoms with Crippen LogP contribution < -0.4 is 4.74 Å². The number of rotatable bonds is 8. The summed E-state index contributed by atoms with van der Waals surface area (Å²) >= 11 is 6.08. The molecule has 0 atom stereocenters. The van der Waals surface area contributed by atoms with E-state index >= 15 is 0 Å². The Balaban J connectivity index is 1.31. The van der Waals surface area contributed by atoms with Gasteiger partial charge in [-0.05, 0) is 49.4 Å². The van der Waals surface area contributed by atoms with E-state index in [-0.39, 0.29) is 27.8 Å². The minimum absolute atomic E-state index is 0.0791. The summed E-state index contributed by atoms with van der Waals surface area (Å²) < 4.78 is 11.0. The second-order valence-corrected chi connectivity index (χ2v) is 9.32. The Morgan fingerprint density at radius 1 is 0.925 bits per heavy atom. The average Bonchev–Trinajstić information content (AvgIpc) is 2.96. The van der Waals surface area contributed by atoms with Crippen molar-refractivity contribution in [1.29, 1.82) is 0 Å². The number of nitro groups is 1. The van der Waals surface area contributed by atoms with E-state index in [1.807, 2.05) is 43.3 Å². The van der Waals surface area contributed by atoms with Gasteiger partial charge >= 0.3 is 11.7 Å². The van der Waals surface area contributed by atoms with Crippen LogP contribution in [0.5, 0.6) is 11.5 Å². The monoisotopic (exact) mass is 552 g/mol. The zero-order valence-corrected chi connectivity index (χ0v) is 21.9. The molecule has 0 aliphatic heterocycles. The van der Waals surface area contributed by atoms with Crippen molar-refractivity contribution < 1.29 is 24.0 Å². The van der Waals surface area contributed by atoms with Gasteiger partial charge in [-0.1, -0.05) is 65.7 Å². The van der Waals surface area contributed by atoms with Crippen molar-refractivity contribution in [3.05, 3.63) is 129 Å². The van der Waals surface area contributed by atoms with Crippen molar-refractivity contribution in [2.24, 2.45) is 0 Å². The van der Waals surface area contributed by atoms with E-state index in [1.54, 1.807) is 18.2 Å². The van der Waals surface area contributed by atoms with Gasteiger partial charge in [0.25, 0.3) is 0 Å². The third-order valence-corrected chi connectivity index (χ3v) is 6.45. The molecule has 0 N–H and O–H groups in total. The number of carbonyl (C=O) groups excluding carboxylic acids is 2. The van der Waals surface area contributed by atoms with E-state index in [2.05, 4.69) is 4.98 Å². The molecule has 40 heavy (non-hydrogen) atoms. The number of hydrogen-bond acceptors (Lipinski definition) is 7. The van der Waals surface area contributed by atoms with E-state index in [4.69, 9.17) is 21.1 Å². The number of nitro benzene ring substituents is 1. The lowest BCUT2D eigenvalue weighted by atomic mass is 10.0. The Morgan fingerprint density at radius 2 is 1.65 bits per heavy atom. The molecule has 0 spiro atoms. The van der Waals surface area contributed by atoms with Gasteiger partial charge in [0, 0.05) is 22.6 Å². The Hall–Kier alpha value is -5.08. The number of nitrogens with zero attached hydrogens (tertiary/aromatic N) is 2. The summed E-state index contributed by atoms with van der Waals surface area (Å²) in [6, 6.07) is 26.8. The summed E-state index contributed by atoms with van der Waals surface area (Å²) in [6.45, 7) is 1.51. The number of aryl methyl sites for hydroxylation is 1. The Labute approximate surface area is 233 Å². The highest BCUT2D eigenvalue weighted by Crippen LogP contribution is 2.37. The minimum Gasteiger partial charge on any atom is -0.454 e. The molecule has 0 radical (unpaired) electrons. The van der Waals surface area contributed by atoms with Crippen molar-refractivity contribution >= 4 is 39.9 Å². The lowest BCUT2D eigenvalue weighted by molar-refractivity contribution is -0.385. The molecule has 0 bridgehead atoms. The van der Waals surface area contributed by atoms with Crippen molar-refractivity contribution in [2.45, 2.75) is 6.92 Å². The largest absolute Gasteiger partial charge is 0.454 e. The first-order valence-corrected chi connectivity index (χ1v) is 12.6. The predicted octanol–water partition coefficient (Wildman–Crippen LogP) is 7.60. The van der Waals surface area contributed by atoms with Crippen LogP contribution in [0.15, 0.2) is 97.1 Å². The fourth-order valence-corrected chi connectivity index (χ4v) is 4.29. The van der Waals surface area contributed by atoms with Crippen molar-refractivity contribution in [3.8, 4) is 22.8 Å². The van der Waals surface area contributed by atoms with E-state index < -0.39 is 23.3 Å². The molecule has 1 heterocycles. The van der Waals surface area contributed by atoms with E-state index in [1.165, 1.54) is 42.5 Å². The highest BCUT2D eigenvalue weighted by atomic mass is 35.5. The van der Waals surface area contributed by atoms with E-state index in [0.717, 1.165) is 11.1 Å². The molecule has 0 saturated carbocycles. The molecule has 8 nitrogen and oxygen atoms in total. The Morgan fingerprint density at radius 3 is 2.38 bits per heavy atom. The first-order valence-electron chi connectivity index (χ1n) is 12.2. The first kappa shape index (κ1) is 26.5. The van der Waals surface area contributed by atoms with Gasteiger partial charge in [0.2, 0.25) is 5.75 Å². The standard InChI is InChI=1S/C31H21ClN2O6/c1-19-9-11-20(12-10-19)27-17-24(23-5-2-3-7-26(23)33-27)31(36)39-18-29(35)21-13-15-22(16-14-21)40-30-25(32)6-4-8-28(30)34(37)38/h2-17H,18H2,1H3. The van der Waals surface area contributed by atoms with Crippen molar-refractivity contribution in [2.75, 3.05) is 6.61 Å². The number of ketones is 1. The molecular formula is C31H21ClN2O6. The van der Waals surface area contributed by atoms with Gasteiger partial charge in [-0.3, -0.25) is 14.9 Å². The van der Waals surface area contributed by atoms with Gasteiger partial charge in [-0.25, -0.2) is 9.78 Å². The zero-order valence-electron chi connectivity index (χ0n) is 21.2. The van der Waals surface area contributed by atoms with Gasteiger partial charge < -0.3 is 9.47 Å². The number of benzene rings is 4. The molecule has 4 aromatic carbocycles. The summed E-state index contributed by atoms with van der Waals surface area (Å²) in [5, 5.41) is 12.0. The fraction of sp³-hybridized carbons (Fsp3) is 0.0645. The molecule has 0 aliphatic rings. The summed E-state index contributed by atoms with van der Waals surface area (Å²) in [5.74, 6) is -0.930. The van der Waals surface area contributed by atoms with Crippen LogP contribution in [0.2, 0.25) is 5.02 Å². The predicted molar refractivity (Wildman–Crippen MR) is 151 cm³/mol. The summed E-state index contributed by atoms with van der Waals surface area (Å²) in [5.41, 5.74) is 3.50. The topological polar surface area (TPSA) is 109 Å². The maximum Gasteiger partial charge on any atom is 0.339 e. The number of ether oxygens (including phenoxy) is 2. The number of fused-ring (bicyclic) bond motifs is 1. The second kappa shape index (κ2) is 11.3. The lowest BCUT2D eigenvalue weighted by Gasteiger charge is -2.11. The summed E-state index contributed by atoms with van der Waals surface area (Å²) in [7, 11) is 0. The van der Waals surface area contributed by atoms with Crippen LogP contribution in [0.25, 0.3) is 22.2 Å². The Bertz CT molecular complexity index is 1750. The maximum atomic E-state index is 13.1. The number of carbonyl (C=O) groups is 2. The highest BCUT2D eigenvalue weighted by Gasteiger charge is 2.20. The molecule has 198 valence electrons. The normalized spacial score (nSPS) is 10.8.